The molecule has 0 bridgehead atoms. The summed E-state index contributed by atoms with van der Waals surface area (Å²) in [6.07, 6.45) is 7.57. The van der Waals surface area contributed by atoms with Gasteiger partial charge in [-0.15, -0.1) is 6.42 Å². The second-order valence-corrected chi connectivity index (χ2v) is 5.42. The van der Waals surface area contributed by atoms with Gasteiger partial charge in [0.05, 0.1) is 13.7 Å². The number of ether oxygens (including phenoxy) is 2. The largest absolute Gasteiger partial charge is 0.493 e. The fraction of sp³-hybridized carbons (Fsp3) is 0.526. The molecule has 0 fully saturated rings. The lowest BCUT2D eigenvalue weighted by Gasteiger charge is -2.21. The predicted molar refractivity (Wildman–Crippen MR) is 99.7 cm³/mol. The molecule has 0 heterocycles. The quantitative estimate of drug-likeness (QED) is 0.429. The van der Waals surface area contributed by atoms with Gasteiger partial charge >= 0.3 is 0 Å². The zero-order chi connectivity index (χ0) is 17.8. The monoisotopic (exact) mass is 331 g/mol. The normalized spacial score (nSPS) is 10.9. The Labute approximate surface area is 146 Å². The standard InChI is InChI=1S/C19H29N3O2/c1-6-9-12-22(4)19(20-8-3)21-15-16-10-11-17(23-5)18(14-16)24-13-7-2/h2,10-11,14H,6,8-9,12-13,15H2,1,3-5H3,(H,20,21). The highest BCUT2D eigenvalue weighted by atomic mass is 16.5. The van der Waals surface area contributed by atoms with Crippen LogP contribution in [0.3, 0.4) is 0 Å². The van der Waals surface area contributed by atoms with E-state index >= 15 is 0 Å². The van der Waals surface area contributed by atoms with Crippen molar-refractivity contribution in [1.82, 2.24) is 10.2 Å². The van der Waals surface area contributed by atoms with E-state index in [4.69, 9.17) is 20.9 Å². The third kappa shape index (κ3) is 6.41. The highest BCUT2D eigenvalue weighted by Gasteiger charge is 2.07. The number of unbranched alkanes of at least 4 members (excludes halogenated alkanes) is 1. The summed E-state index contributed by atoms with van der Waals surface area (Å²) in [4.78, 5) is 6.87. The van der Waals surface area contributed by atoms with E-state index in [-0.39, 0.29) is 6.61 Å². The molecule has 5 nitrogen and oxygen atoms in total. The predicted octanol–water partition coefficient (Wildman–Crippen LogP) is 2.90. The molecule has 0 aromatic heterocycles. The van der Waals surface area contributed by atoms with Crippen LogP contribution in [0.15, 0.2) is 23.2 Å². The number of hydrogen-bond acceptors (Lipinski definition) is 3. The average Bonchev–Trinajstić information content (AvgIpc) is 2.61. The van der Waals surface area contributed by atoms with Crippen molar-refractivity contribution in [3.63, 3.8) is 0 Å². The van der Waals surface area contributed by atoms with Crippen LogP contribution in [0.5, 0.6) is 11.5 Å². The summed E-state index contributed by atoms with van der Waals surface area (Å²) in [6.45, 7) is 6.87. The highest BCUT2D eigenvalue weighted by Crippen LogP contribution is 2.28. The molecule has 1 aromatic carbocycles. The number of nitrogens with zero attached hydrogens (tertiary/aromatic N) is 2. The van der Waals surface area contributed by atoms with Crippen molar-refractivity contribution in [2.75, 3.05) is 33.9 Å². The van der Waals surface area contributed by atoms with Crippen LogP contribution in [-0.4, -0.2) is 44.7 Å². The number of benzene rings is 1. The van der Waals surface area contributed by atoms with E-state index in [0.717, 1.165) is 37.5 Å². The number of aliphatic imine (C=N–C) groups is 1. The van der Waals surface area contributed by atoms with E-state index in [1.807, 2.05) is 18.2 Å². The lowest BCUT2D eigenvalue weighted by molar-refractivity contribution is 0.330. The SMILES string of the molecule is C#CCOc1cc(CN=C(NCC)N(C)CCCC)ccc1OC. The van der Waals surface area contributed by atoms with Crippen LogP contribution in [0.2, 0.25) is 0 Å². The summed E-state index contributed by atoms with van der Waals surface area (Å²) in [5.41, 5.74) is 1.04. The minimum Gasteiger partial charge on any atom is -0.493 e. The fourth-order valence-electron chi connectivity index (χ4n) is 2.19. The van der Waals surface area contributed by atoms with E-state index in [9.17, 15) is 0 Å². The third-order valence-electron chi connectivity index (χ3n) is 3.49. The zero-order valence-electron chi connectivity index (χ0n) is 15.3. The van der Waals surface area contributed by atoms with Gasteiger partial charge in [-0.25, -0.2) is 4.99 Å². The van der Waals surface area contributed by atoms with Crippen molar-refractivity contribution in [2.45, 2.75) is 33.2 Å². The van der Waals surface area contributed by atoms with Gasteiger partial charge in [-0.2, -0.15) is 0 Å². The number of rotatable bonds is 9. The Hall–Kier alpha value is -2.35. The van der Waals surface area contributed by atoms with E-state index in [1.165, 1.54) is 0 Å². The first-order valence-corrected chi connectivity index (χ1v) is 8.38. The summed E-state index contributed by atoms with van der Waals surface area (Å²) in [6, 6.07) is 5.79. The summed E-state index contributed by atoms with van der Waals surface area (Å²) < 4.78 is 10.8. The maximum Gasteiger partial charge on any atom is 0.193 e. The van der Waals surface area contributed by atoms with Crippen LogP contribution in [0.1, 0.15) is 32.3 Å². The van der Waals surface area contributed by atoms with Gasteiger partial charge < -0.3 is 19.7 Å². The van der Waals surface area contributed by atoms with Crippen LogP contribution in [0.25, 0.3) is 0 Å². The summed E-state index contributed by atoms with van der Waals surface area (Å²) in [5, 5.41) is 3.33. The molecule has 0 saturated carbocycles. The average molecular weight is 331 g/mol. The molecule has 0 atom stereocenters. The molecule has 5 heteroatoms. The van der Waals surface area contributed by atoms with Crippen LogP contribution in [-0.2, 0) is 6.54 Å². The smallest absolute Gasteiger partial charge is 0.193 e. The molecule has 1 aromatic rings. The maximum atomic E-state index is 5.54. The van der Waals surface area contributed by atoms with Gasteiger partial charge in [-0.05, 0) is 31.0 Å². The van der Waals surface area contributed by atoms with Crippen molar-refractivity contribution in [2.24, 2.45) is 4.99 Å². The highest BCUT2D eigenvalue weighted by molar-refractivity contribution is 5.79. The molecular formula is C19H29N3O2. The van der Waals surface area contributed by atoms with E-state index in [1.54, 1.807) is 7.11 Å². The van der Waals surface area contributed by atoms with E-state index < -0.39 is 0 Å². The first kappa shape index (κ1) is 19.7. The van der Waals surface area contributed by atoms with Gasteiger partial charge in [0.25, 0.3) is 0 Å². The lowest BCUT2D eigenvalue weighted by Crippen LogP contribution is -2.39. The molecule has 1 N–H and O–H groups in total. The molecule has 0 saturated heterocycles. The Bertz CT molecular complexity index is 564. The Kier molecular flexibility index (Phi) is 9.21. The van der Waals surface area contributed by atoms with E-state index in [2.05, 4.69) is 37.0 Å². The van der Waals surface area contributed by atoms with Crippen molar-refractivity contribution in [3.05, 3.63) is 23.8 Å². The molecule has 0 spiro atoms. The summed E-state index contributed by atoms with van der Waals surface area (Å²) >= 11 is 0. The molecule has 0 unspecified atom stereocenters. The van der Waals surface area contributed by atoms with Gasteiger partial charge in [0.15, 0.2) is 17.5 Å². The van der Waals surface area contributed by atoms with Crippen molar-refractivity contribution in [1.29, 1.82) is 0 Å². The van der Waals surface area contributed by atoms with Gasteiger partial charge in [-0.1, -0.05) is 25.3 Å². The summed E-state index contributed by atoms with van der Waals surface area (Å²) in [7, 11) is 3.68. The first-order chi connectivity index (χ1) is 11.7. The molecule has 0 aliphatic carbocycles. The minimum absolute atomic E-state index is 0.214. The molecule has 24 heavy (non-hydrogen) atoms. The van der Waals surface area contributed by atoms with Crippen LogP contribution < -0.4 is 14.8 Å². The van der Waals surface area contributed by atoms with Crippen molar-refractivity contribution >= 4 is 5.96 Å². The Balaban J connectivity index is 2.86. The van der Waals surface area contributed by atoms with Gasteiger partial charge in [-0.3, -0.25) is 0 Å². The number of guanidine groups is 1. The second kappa shape index (κ2) is 11.2. The molecule has 0 aliphatic heterocycles. The zero-order valence-corrected chi connectivity index (χ0v) is 15.3. The van der Waals surface area contributed by atoms with Gasteiger partial charge in [0.1, 0.15) is 6.61 Å². The van der Waals surface area contributed by atoms with Crippen molar-refractivity contribution in [3.8, 4) is 23.8 Å². The van der Waals surface area contributed by atoms with Crippen LogP contribution in [0.4, 0.5) is 0 Å². The van der Waals surface area contributed by atoms with Crippen molar-refractivity contribution < 1.29 is 9.47 Å². The number of hydrogen-bond donors (Lipinski definition) is 1. The Morgan fingerprint density at radius 1 is 1.33 bits per heavy atom. The second-order valence-electron chi connectivity index (χ2n) is 5.42. The Morgan fingerprint density at radius 3 is 2.75 bits per heavy atom. The third-order valence-corrected chi connectivity index (χ3v) is 3.49. The first-order valence-electron chi connectivity index (χ1n) is 8.38. The molecule has 0 radical (unpaired) electrons. The van der Waals surface area contributed by atoms with E-state index in [0.29, 0.717) is 18.0 Å². The maximum absolute atomic E-state index is 5.54. The summed E-state index contributed by atoms with van der Waals surface area (Å²) in [5.74, 6) is 4.69. The number of terminal acetylenes is 1. The fourth-order valence-corrected chi connectivity index (χ4v) is 2.19. The minimum atomic E-state index is 0.214. The van der Waals surface area contributed by atoms with Crippen LogP contribution in [0, 0.1) is 12.3 Å². The lowest BCUT2D eigenvalue weighted by atomic mass is 10.2. The number of nitrogens with one attached hydrogen (secondary N) is 1. The molecule has 1 rings (SSSR count). The number of methoxy groups -OCH3 is 1. The molecular weight excluding hydrogens is 302 g/mol. The Morgan fingerprint density at radius 2 is 2.12 bits per heavy atom. The topological polar surface area (TPSA) is 46.1 Å². The van der Waals surface area contributed by atoms with Crippen LogP contribution >= 0.6 is 0 Å². The molecule has 132 valence electrons. The molecule has 0 aliphatic rings. The molecule has 0 amide bonds. The van der Waals surface area contributed by atoms with Gasteiger partial charge in [0.2, 0.25) is 0 Å². The van der Waals surface area contributed by atoms with Gasteiger partial charge in [0, 0.05) is 20.1 Å².